The maximum Gasteiger partial charge on any atom is 0.220 e. The number of carbonyl (C=O) groups is 2. The molecule has 1 amide bonds. The molecule has 1 unspecified atom stereocenters. The van der Waals surface area contributed by atoms with E-state index in [0.717, 1.165) is 19.1 Å². The highest BCUT2D eigenvalue weighted by atomic mass is 16.2. The molecule has 1 atom stereocenters. The largest absolute Gasteiger partial charge is 0.347 e. The summed E-state index contributed by atoms with van der Waals surface area (Å²) in [6.45, 7) is 6.00. The monoisotopic (exact) mass is 185 g/mol. The Bertz CT molecular complexity index is 166. The number of rotatable bonds is 6. The van der Waals surface area contributed by atoms with Crippen LogP contribution in [0, 0.1) is 5.92 Å². The van der Waals surface area contributed by atoms with E-state index in [-0.39, 0.29) is 11.9 Å². The number of nitrogens with one attached hydrogen (secondary N) is 1. The summed E-state index contributed by atoms with van der Waals surface area (Å²) in [6, 6.07) is -0.306. The average molecular weight is 185 g/mol. The maximum absolute atomic E-state index is 11.1. The van der Waals surface area contributed by atoms with E-state index in [4.69, 9.17) is 0 Å². The van der Waals surface area contributed by atoms with Gasteiger partial charge in [-0.05, 0) is 18.8 Å². The fourth-order valence-corrected chi connectivity index (χ4v) is 1.16. The van der Waals surface area contributed by atoms with Crippen LogP contribution in [0.5, 0.6) is 0 Å². The minimum atomic E-state index is -0.306. The normalized spacial score (nSPS) is 12.6. The third-order valence-electron chi connectivity index (χ3n) is 1.71. The molecule has 0 aliphatic heterocycles. The van der Waals surface area contributed by atoms with Gasteiger partial charge in [0.05, 0.1) is 6.04 Å². The van der Waals surface area contributed by atoms with Crippen molar-refractivity contribution >= 4 is 12.2 Å². The first kappa shape index (κ1) is 12.1. The predicted octanol–water partition coefficient (Wildman–Crippen LogP) is 1.52. The van der Waals surface area contributed by atoms with Gasteiger partial charge in [-0.3, -0.25) is 4.79 Å². The maximum atomic E-state index is 11.1. The first-order valence-corrected chi connectivity index (χ1v) is 4.84. The Balaban J connectivity index is 3.83. The highest BCUT2D eigenvalue weighted by molar-refractivity contribution is 5.79. The van der Waals surface area contributed by atoms with Gasteiger partial charge in [-0.25, -0.2) is 0 Å². The van der Waals surface area contributed by atoms with Crippen LogP contribution in [0.15, 0.2) is 0 Å². The second kappa shape index (κ2) is 6.63. The number of amides is 1. The first-order valence-electron chi connectivity index (χ1n) is 4.84. The fraction of sp³-hybridized carbons (Fsp3) is 0.800. The summed E-state index contributed by atoms with van der Waals surface area (Å²) in [4.78, 5) is 21.7. The summed E-state index contributed by atoms with van der Waals surface area (Å²) >= 11 is 0. The van der Waals surface area contributed by atoms with E-state index in [1.807, 2.05) is 20.8 Å². The zero-order chi connectivity index (χ0) is 10.3. The van der Waals surface area contributed by atoms with Crippen molar-refractivity contribution in [3.63, 3.8) is 0 Å². The van der Waals surface area contributed by atoms with Crippen LogP contribution in [0.1, 0.15) is 40.0 Å². The second-order valence-corrected chi connectivity index (χ2v) is 3.69. The predicted molar refractivity (Wildman–Crippen MR) is 52.4 cm³/mol. The molecular formula is C10H19NO2. The number of hydrogen-bond acceptors (Lipinski definition) is 2. The minimum absolute atomic E-state index is 0.0275. The summed E-state index contributed by atoms with van der Waals surface area (Å²) in [5.41, 5.74) is 0. The molecular weight excluding hydrogens is 166 g/mol. The topological polar surface area (TPSA) is 46.2 Å². The molecule has 3 heteroatoms. The summed E-state index contributed by atoms with van der Waals surface area (Å²) in [5, 5.41) is 2.69. The quantitative estimate of drug-likeness (QED) is 0.638. The van der Waals surface area contributed by atoms with Crippen LogP contribution >= 0.6 is 0 Å². The van der Waals surface area contributed by atoms with Crippen LogP contribution in [0.2, 0.25) is 0 Å². The molecule has 0 aliphatic carbocycles. The second-order valence-electron chi connectivity index (χ2n) is 3.69. The van der Waals surface area contributed by atoms with E-state index in [1.54, 1.807) is 0 Å². The number of aldehydes is 1. The van der Waals surface area contributed by atoms with Gasteiger partial charge in [0, 0.05) is 6.42 Å². The van der Waals surface area contributed by atoms with Gasteiger partial charge in [-0.2, -0.15) is 0 Å². The number of hydrogen-bond donors (Lipinski definition) is 1. The summed E-state index contributed by atoms with van der Waals surface area (Å²) in [6.07, 6.45) is 2.86. The zero-order valence-corrected chi connectivity index (χ0v) is 8.67. The Labute approximate surface area is 79.9 Å². The van der Waals surface area contributed by atoms with Gasteiger partial charge >= 0.3 is 0 Å². The number of carbonyl (C=O) groups excluding carboxylic acids is 2. The van der Waals surface area contributed by atoms with Gasteiger partial charge in [0.15, 0.2) is 0 Å². The van der Waals surface area contributed by atoms with Crippen LogP contribution in [0.25, 0.3) is 0 Å². The molecule has 0 spiro atoms. The van der Waals surface area contributed by atoms with E-state index in [9.17, 15) is 9.59 Å². The van der Waals surface area contributed by atoms with Crippen LogP contribution in [-0.4, -0.2) is 18.2 Å². The van der Waals surface area contributed by atoms with Gasteiger partial charge in [0.2, 0.25) is 5.91 Å². The molecule has 76 valence electrons. The lowest BCUT2D eigenvalue weighted by atomic mass is 10.0. The van der Waals surface area contributed by atoms with E-state index >= 15 is 0 Å². The zero-order valence-electron chi connectivity index (χ0n) is 8.67. The third-order valence-corrected chi connectivity index (χ3v) is 1.71. The molecule has 3 nitrogen and oxygen atoms in total. The fourth-order valence-electron chi connectivity index (χ4n) is 1.16. The standard InChI is InChI=1S/C10H19NO2/c1-4-5-10(13)11-9(7-12)6-8(2)3/h7-9H,4-6H2,1-3H3,(H,11,13). The Kier molecular flexibility index (Phi) is 6.20. The van der Waals surface area contributed by atoms with Crippen LogP contribution < -0.4 is 5.32 Å². The van der Waals surface area contributed by atoms with E-state index in [1.165, 1.54) is 0 Å². The molecule has 0 aromatic carbocycles. The highest BCUT2D eigenvalue weighted by Crippen LogP contribution is 2.03. The van der Waals surface area contributed by atoms with Gasteiger partial charge in [-0.15, -0.1) is 0 Å². The Morgan fingerprint density at radius 1 is 1.46 bits per heavy atom. The van der Waals surface area contributed by atoms with Crippen molar-refractivity contribution in [1.82, 2.24) is 5.32 Å². The van der Waals surface area contributed by atoms with Gasteiger partial charge in [-0.1, -0.05) is 20.8 Å². The van der Waals surface area contributed by atoms with Gasteiger partial charge < -0.3 is 10.1 Å². The molecule has 0 fully saturated rings. The van der Waals surface area contributed by atoms with Crippen molar-refractivity contribution < 1.29 is 9.59 Å². The molecule has 0 aromatic heterocycles. The lowest BCUT2D eigenvalue weighted by Crippen LogP contribution is -2.36. The van der Waals surface area contributed by atoms with Crippen molar-refractivity contribution in [1.29, 1.82) is 0 Å². The first-order chi connectivity index (χ1) is 6.10. The summed E-state index contributed by atoms with van der Waals surface area (Å²) in [7, 11) is 0. The molecule has 0 radical (unpaired) electrons. The summed E-state index contributed by atoms with van der Waals surface area (Å²) < 4.78 is 0. The van der Waals surface area contributed by atoms with E-state index in [2.05, 4.69) is 5.32 Å². The highest BCUT2D eigenvalue weighted by Gasteiger charge is 2.11. The van der Waals surface area contributed by atoms with Crippen molar-refractivity contribution in [2.24, 2.45) is 5.92 Å². The molecule has 0 aliphatic rings. The SMILES string of the molecule is CCCC(=O)NC(C=O)CC(C)C. The van der Waals surface area contributed by atoms with Gasteiger partial charge in [0.25, 0.3) is 0 Å². The van der Waals surface area contributed by atoms with Crippen LogP contribution in [-0.2, 0) is 9.59 Å². The third kappa shape index (κ3) is 6.31. The summed E-state index contributed by atoms with van der Waals surface area (Å²) in [5.74, 6) is 0.400. The molecule has 0 saturated carbocycles. The molecule has 0 heterocycles. The van der Waals surface area contributed by atoms with Crippen LogP contribution in [0.4, 0.5) is 0 Å². The van der Waals surface area contributed by atoms with Crippen molar-refractivity contribution in [2.75, 3.05) is 0 Å². The van der Waals surface area contributed by atoms with Gasteiger partial charge in [0.1, 0.15) is 6.29 Å². The Morgan fingerprint density at radius 3 is 2.46 bits per heavy atom. The minimum Gasteiger partial charge on any atom is -0.347 e. The van der Waals surface area contributed by atoms with E-state index < -0.39 is 0 Å². The van der Waals surface area contributed by atoms with Crippen molar-refractivity contribution in [3.8, 4) is 0 Å². The molecule has 0 saturated heterocycles. The lowest BCUT2D eigenvalue weighted by Gasteiger charge is -2.14. The molecule has 0 aromatic rings. The van der Waals surface area contributed by atoms with Crippen LogP contribution in [0.3, 0.4) is 0 Å². The molecule has 0 rings (SSSR count). The molecule has 0 bridgehead atoms. The van der Waals surface area contributed by atoms with Crippen molar-refractivity contribution in [3.05, 3.63) is 0 Å². The molecule has 13 heavy (non-hydrogen) atoms. The average Bonchev–Trinajstić information content (AvgIpc) is 2.02. The lowest BCUT2D eigenvalue weighted by molar-refractivity contribution is -0.124. The molecule has 1 N–H and O–H groups in total. The van der Waals surface area contributed by atoms with Crippen molar-refractivity contribution in [2.45, 2.75) is 46.1 Å². The smallest absolute Gasteiger partial charge is 0.220 e. The Hall–Kier alpha value is -0.860. The Morgan fingerprint density at radius 2 is 2.08 bits per heavy atom. The van der Waals surface area contributed by atoms with E-state index in [0.29, 0.717) is 12.3 Å².